The highest BCUT2D eigenvalue weighted by molar-refractivity contribution is 7.10. The average molecular weight is 267 g/mol. The fraction of sp³-hybridized carbons (Fsp3) is 0.286. The summed E-state index contributed by atoms with van der Waals surface area (Å²) in [4.78, 5) is 0.926. The average Bonchev–Trinajstić information content (AvgIpc) is 2.77. The zero-order valence-electron chi connectivity index (χ0n) is 9.69. The van der Waals surface area contributed by atoms with Crippen LogP contribution in [0.2, 0.25) is 5.02 Å². The van der Waals surface area contributed by atoms with E-state index in [4.69, 9.17) is 11.6 Å². The molecule has 1 N–H and O–H groups in total. The molecule has 1 heterocycles. The van der Waals surface area contributed by atoms with Crippen LogP contribution < -0.4 is 0 Å². The van der Waals surface area contributed by atoms with Gasteiger partial charge in [0.05, 0.1) is 11.1 Å². The molecular weight excluding hydrogens is 252 g/mol. The first-order chi connectivity index (χ1) is 8.19. The lowest BCUT2D eigenvalue weighted by Crippen LogP contribution is -1.99. The molecule has 90 valence electrons. The molecule has 1 aromatic heterocycles. The molecule has 1 atom stereocenters. The van der Waals surface area contributed by atoms with Crippen LogP contribution in [0.25, 0.3) is 0 Å². The number of halogens is 1. The monoisotopic (exact) mass is 266 g/mol. The van der Waals surface area contributed by atoms with Gasteiger partial charge in [-0.3, -0.25) is 0 Å². The summed E-state index contributed by atoms with van der Waals surface area (Å²) in [6.07, 6.45) is 1.23. The number of benzene rings is 1. The summed E-state index contributed by atoms with van der Waals surface area (Å²) in [7, 11) is 0. The summed E-state index contributed by atoms with van der Waals surface area (Å²) in [6.45, 7) is 2.14. The summed E-state index contributed by atoms with van der Waals surface area (Å²) in [5.41, 5.74) is 2.47. The van der Waals surface area contributed by atoms with Crippen molar-refractivity contribution in [2.24, 2.45) is 0 Å². The fourth-order valence-corrected chi connectivity index (χ4v) is 2.81. The Balaban J connectivity index is 2.04. The van der Waals surface area contributed by atoms with Crippen LogP contribution in [0.3, 0.4) is 0 Å². The number of aryl methyl sites for hydroxylation is 1. The van der Waals surface area contributed by atoms with E-state index in [0.717, 1.165) is 16.9 Å². The van der Waals surface area contributed by atoms with E-state index >= 15 is 0 Å². The third-order valence-electron chi connectivity index (χ3n) is 2.78. The number of rotatable bonds is 4. The molecule has 0 bridgehead atoms. The third-order valence-corrected chi connectivity index (χ3v) is 4.16. The van der Waals surface area contributed by atoms with Crippen molar-refractivity contribution in [3.63, 3.8) is 0 Å². The molecule has 0 aliphatic rings. The molecule has 0 fully saturated rings. The van der Waals surface area contributed by atoms with Gasteiger partial charge < -0.3 is 5.11 Å². The number of hydrogen-bond acceptors (Lipinski definition) is 2. The van der Waals surface area contributed by atoms with Crippen molar-refractivity contribution in [1.29, 1.82) is 0 Å². The van der Waals surface area contributed by atoms with E-state index in [1.165, 1.54) is 16.9 Å². The molecular formula is C14H15ClOS. The minimum Gasteiger partial charge on any atom is -0.387 e. The minimum absolute atomic E-state index is 0.458. The Morgan fingerprint density at radius 2 is 1.88 bits per heavy atom. The zero-order chi connectivity index (χ0) is 12.3. The summed E-state index contributed by atoms with van der Waals surface area (Å²) in [5.74, 6) is 0. The van der Waals surface area contributed by atoms with E-state index in [1.54, 1.807) is 0 Å². The maximum Gasteiger partial charge on any atom is 0.0922 e. The summed E-state index contributed by atoms with van der Waals surface area (Å²) >= 11 is 7.35. The van der Waals surface area contributed by atoms with Crippen molar-refractivity contribution < 1.29 is 5.11 Å². The second kappa shape index (κ2) is 5.67. The highest BCUT2D eigenvalue weighted by atomic mass is 35.5. The standard InChI is InChI=1S/C14H15ClOS/c1-2-10-3-5-11(6-4-10)7-13(16)14-8-12(15)9-17-14/h3-6,8-9,13,16H,2,7H2,1H3. The van der Waals surface area contributed by atoms with Gasteiger partial charge in [-0.2, -0.15) is 0 Å². The van der Waals surface area contributed by atoms with Crippen LogP contribution in [0.4, 0.5) is 0 Å². The highest BCUT2D eigenvalue weighted by Gasteiger charge is 2.10. The third kappa shape index (κ3) is 3.32. The topological polar surface area (TPSA) is 20.2 Å². The maximum atomic E-state index is 10.1. The normalized spacial score (nSPS) is 12.6. The Labute approximate surface area is 111 Å². The quantitative estimate of drug-likeness (QED) is 0.878. The van der Waals surface area contributed by atoms with Gasteiger partial charge in [0.1, 0.15) is 0 Å². The smallest absolute Gasteiger partial charge is 0.0922 e. The van der Waals surface area contributed by atoms with Crippen molar-refractivity contribution in [3.05, 3.63) is 56.7 Å². The molecule has 0 radical (unpaired) electrons. The molecule has 2 rings (SSSR count). The van der Waals surface area contributed by atoms with Crippen molar-refractivity contribution in [3.8, 4) is 0 Å². The zero-order valence-corrected chi connectivity index (χ0v) is 11.3. The predicted octanol–water partition coefficient (Wildman–Crippen LogP) is 4.24. The van der Waals surface area contributed by atoms with Gasteiger partial charge in [-0.05, 0) is 23.6 Å². The number of thiophene rings is 1. The van der Waals surface area contributed by atoms with Gasteiger partial charge in [-0.1, -0.05) is 42.8 Å². The molecule has 0 aliphatic heterocycles. The molecule has 2 aromatic rings. The molecule has 17 heavy (non-hydrogen) atoms. The van der Waals surface area contributed by atoms with Gasteiger partial charge >= 0.3 is 0 Å². The van der Waals surface area contributed by atoms with Crippen LogP contribution in [-0.4, -0.2) is 5.11 Å². The van der Waals surface area contributed by atoms with Crippen LogP contribution in [-0.2, 0) is 12.8 Å². The molecule has 3 heteroatoms. The number of aliphatic hydroxyl groups excluding tert-OH is 1. The lowest BCUT2D eigenvalue weighted by Gasteiger charge is -2.08. The second-order valence-electron chi connectivity index (χ2n) is 4.06. The van der Waals surface area contributed by atoms with Gasteiger partial charge in [0, 0.05) is 16.7 Å². The van der Waals surface area contributed by atoms with Gasteiger partial charge in [-0.25, -0.2) is 0 Å². The first kappa shape index (κ1) is 12.6. The van der Waals surface area contributed by atoms with Crippen molar-refractivity contribution in [1.82, 2.24) is 0 Å². The highest BCUT2D eigenvalue weighted by Crippen LogP contribution is 2.27. The summed E-state index contributed by atoms with van der Waals surface area (Å²) < 4.78 is 0. The number of aliphatic hydroxyl groups is 1. The Morgan fingerprint density at radius 1 is 1.24 bits per heavy atom. The summed E-state index contributed by atoms with van der Waals surface area (Å²) in [6, 6.07) is 10.2. The molecule has 0 saturated carbocycles. The minimum atomic E-state index is -0.458. The Bertz CT molecular complexity index is 475. The molecule has 1 aromatic carbocycles. The van der Waals surface area contributed by atoms with Gasteiger partial charge in [0.15, 0.2) is 0 Å². The van der Waals surface area contributed by atoms with E-state index in [0.29, 0.717) is 11.4 Å². The van der Waals surface area contributed by atoms with Crippen molar-refractivity contribution in [2.45, 2.75) is 25.9 Å². The Hall–Kier alpha value is -0.830. The Kier molecular flexibility index (Phi) is 4.21. The van der Waals surface area contributed by atoms with Gasteiger partial charge in [0.25, 0.3) is 0 Å². The van der Waals surface area contributed by atoms with Crippen molar-refractivity contribution in [2.75, 3.05) is 0 Å². The molecule has 1 unspecified atom stereocenters. The second-order valence-corrected chi connectivity index (χ2v) is 5.44. The largest absolute Gasteiger partial charge is 0.387 e. The van der Waals surface area contributed by atoms with Crippen LogP contribution in [0.5, 0.6) is 0 Å². The lowest BCUT2D eigenvalue weighted by molar-refractivity contribution is 0.182. The first-order valence-corrected chi connectivity index (χ1v) is 6.94. The maximum absolute atomic E-state index is 10.1. The SMILES string of the molecule is CCc1ccc(CC(O)c2cc(Cl)cs2)cc1. The van der Waals surface area contributed by atoms with E-state index in [1.807, 2.05) is 11.4 Å². The van der Waals surface area contributed by atoms with Crippen LogP contribution in [0, 0.1) is 0 Å². The number of hydrogen-bond donors (Lipinski definition) is 1. The first-order valence-electron chi connectivity index (χ1n) is 5.69. The van der Waals surface area contributed by atoms with E-state index in [-0.39, 0.29) is 0 Å². The van der Waals surface area contributed by atoms with Gasteiger partial charge in [0.2, 0.25) is 0 Å². The van der Waals surface area contributed by atoms with Crippen LogP contribution in [0.15, 0.2) is 35.7 Å². The molecule has 0 amide bonds. The van der Waals surface area contributed by atoms with E-state index in [9.17, 15) is 5.11 Å². The Morgan fingerprint density at radius 3 is 2.41 bits per heavy atom. The van der Waals surface area contributed by atoms with Crippen LogP contribution >= 0.6 is 22.9 Å². The lowest BCUT2D eigenvalue weighted by atomic mass is 10.0. The molecule has 1 nitrogen and oxygen atoms in total. The van der Waals surface area contributed by atoms with Crippen molar-refractivity contribution >= 4 is 22.9 Å². The fourth-order valence-electron chi connectivity index (χ4n) is 1.74. The van der Waals surface area contributed by atoms with E-state index in [2.05, 4.69) is 31.2 Å². The summed E-state index contributed by atoms with van der Waals surface area (Å²) in [5, 5.41) is 12.6. The predicted molar refractivity (Wildman–Crippen MR) is 73.8 cm³/mol. The molecule has 0 aliphatic carbocycles. The van der Waals surface area contributed by atoms with Gasteiger partial charge in [-0.15, -0.1) is 11.3 Å². The molecule has 0 spiro atoms. The van der Waals surface area contributed by atoms with E-state index < -0.39 is 6.10 Å². The molecule has 0 saturated heterocycles. The van der Waals surface area contributed by atoms with Crippen LogP contribution in [0.1, 0.15) is 29.0 Å².